The van der Waals surface area contributed by atoms with Crippen LogP contribution < -0.4 is 0 Å². The molecule has 22 heavy (non-hydrogen) atoms. The van der Waals surface area contributed by atoms with Gasteiger partial charge in [-0.2, -0.15) is 0 Å². The van der Waals surface area contributed by atoms with Crippen molar-refractivity contribution in [1.82, 2.24) is 14.9 Å². The number of amides is 1. The molecule has 0 saturated heterocycles. The molecule has 0 aliphatic carbocycles. The zero-order chi connectivity index (χ0) is 15.7. The number of benzene rings is 1. The highest BCUT2D eigenvalue weighted by molar-refractivity contribution is 7.18. The summed E-state index contributed by atoms with van der Waals surface area (Å²) in [5, 5.41) is 0.907. The first-order valence-electron chi connectivity index (χ1n) is 7.14. The molecule has 0 aliphatic heterocycles. The van der Waals surface area contributed by atoms with Crippen molar-refractivity contribution in [1.29, 1.82) is 0 Å². The molecular weight excluding hydrogens is 298 g/mol. The van der Waals surface area contributed by atoms with Crippen molar-refractivity contribution >= 4 is 27.5 Å². The fourth-order valence-electron chi connectivity index (χ4n) is 2.24. The molecule has 3 rings (SSSR count). The first-order chi connectivity index (χ1) is 10.6. The van der Waals surface area contributed by atoms with Gasteiger partial charge in [0.05, 0.1) is 22.5 Å². The van der Waals surface area contributed by atoms with Crippen LogP contribution in [0.1, 0.15) is 34.1 Å². The topological polar surface area (TPSA) is 59.2 Å². The molecule has 6 heteroatoms. The van der Waals surface area contributed by atoms with E-state index in [1.54, 1.807) is 30.2 Å². The van der Waals surface area contributed by atoms with Crippen molar-refractivity contribution in [3.63, 3.8) is 0 Å². The van der Waals surface area contributed by atoms with E-state index in [1.165, 1.54) is 0 Å². The van der Waals surface area contributed by atoms with Gasteiger partial charge in [-0.25, -0.2) is 9.97 Å². The Morgan fingerprint density at radius 1 is 1.32 bits per heavy atom. The van der Waals surface area contributed by atoms with Gasteiger partial charge in [0.2, 0.25) is 5.76 Å². The number of rotatable bonds is 4. The molecule has 0 atom stereocenters. The van der Waals surface area contributed by atoms with Crippen LogP contribution in [0.3, 0.4) is 0 Å². The van der Waals surface area contributed by atoms with Crippen molar-refractivity contribution < 1.29 is 9.21 Å². The highest BCUT2D eigenvalue weighted by Gasteiger charge is 2.21. The minimum atomic E-state index is -0.163. The molecule has 3 aromatic rings. The maximum absolute atomic E-state index is 12.5. The molecule has 0 bridgehead atoms. The van der Waals surface area contributed by atoms with Gasteiger partial charge in [0.1, 0.15) is 5.01 Å². The van der Waals surface area contributed by atoms with Crippen LogP contribution in [0, 0.1) is 6.92 Å². The summed E-state index contributed by atoms with van der Waals surface area (Å²) in [6.07, 6.45) is 0.676. The summed E-state index contributed by atoms with van der Waals surface area (Å²) in [6, 6.07) is 7.96. The average Bonchev–Trinajstić information content (AvgIpc) is 3.08. The fourth-order valence-corrected chi connectivity index (χ4v) is 3.26. The smallest absolute Gasteiger partial charge is 0.291 e. The van der Waals surface area contributed by atoms with E-state index in [9.17, 15) is 4.79 Å². The van der Waals surface area contributed by atoms with Crippen LogP contribution in [0.5, 0.6) is 0 Å². The zero-order valence-corrected chi connectivity index (χ0v) is 13.6. The number of oxazole rings is 1. The van der Waals surface area contributed by atoms with E-state index in [4.69, 9.17) is 4.42 Å². The summed E-state index contributed by atoms with van der Waals surface area (Å²) in [5.74, 6) is 0.749. The number of aryl methyl sites for hydroxylation is 2. The predicted octanol–water partition coefficient (Wildman–Crippen LogP) is 3.43. The standard InChI is InChI=1S/C16H17N3O2S/c1-4-13-17-10(2)15(21-13)16(20)19(3)9-14-18-11-7-5-6-8-12(11)22-14/h5-8H,4,9H2,1-3H3. The Morgan fingerprint density at radius 3 is 2.77 bits per heavy atom. The molecule has 0 aliphatic rings. The molecule has 0 saturated carbocycles. The number of hydrogen-bond donors (Lipinski definition) is 0. The maximum Gasteiger partial charge on any atom is 0.291 e. The predicted molar refractivity (Wildman–Crippen MR) is 86.0 cm³/mol. The maximum atomic E-state index is 12.5. The molecule has 2 aromatic heterocycles. The fraction of sp³-hybridized carbons (Fsp3) is 0.312. The second-order valence-electron chi connectivity index (χ2n) is 5.11. The van der Waals surface area contributed by atoms with Crippen molar-refractivity contribution in [3.8, 4) is 0 Å². The summed E-state index contributed by atoms with van der Waals surface area (Å²) in [4.78, 5) is 22.9. The Hall–Kier alpha value is -2.21. The van der Waals surface area contributed by atoms with E-state index in [2.05, 4.69) is 9.97 Å². The van der Waals surface area contributed by atoms with Gasteiger partial charge in [0.15, 0.2) is 5.89 Å². The minimum absolute atomic E-state index is 0.163. The Bertz CT molecular complexity index is 789. The van der Waals surface area contributed by atoms with Crippen LogP contribution in [0.15, 0.2) is 28.7 Å². The van der Waals surface area contributed by atoms with Crippen LogP contribution in [0.4, 0.5) is 0 Å². The second-order valence-corrected chi connectivity index (χ2v) is 6.23. The van der Waals surface area contributed by atoms with E-state index < -0.39 is 0 Å². The molecule has 0 spiro atoms. The molecule has 0 N–H and O–H groups in total. The lowest BCUT2D eigenvalue weighted by Gasteiger charge is -2.13. The lowest BCUT2D eigenvalue weighted by molar-refractivity contribution is 0.0750. The molecule has 5 nitrogen and oxygen atoms in total. The van der Waals surface area contributed by atoms with E-state index in [1.807, 2.05) is 31.2 Å². The van der Waals surface area contributed by atoms with E-state index in [0.717, 1.165) is 15.2 Å². The van der Waals surface area contributed by atoms with Crippen LogP contribution in [0.2, 0.25) is 0 Å². The largest absolute Gasteiger partial charge is 0.435 e. The molecule has 0 radical (unpaired) electrons. The SMILES string of the molecule is CCc1nc(C)c(C(=O)N(C)Cc2nc3ccccc3s2)o1. The molecule has 2 heterocycles. The lowest BCUT2D eigenvalue weighted by Crippen LogP contribution is -2.26. The average molecular weight is 315 g/mol. The van der Waals surface area contributed by atoms with Gasteiger partial charge in [-0.15, -0.1) is 11.3 Å². The Balaban J connectivity index is 1.79. The van der Waals surface area contributed by atoms with Crippen LogP contribution in [-0.2, 0) is 13.0 Å². The third kappa shape index (κ3) is 2.74. The van der Waals surface area contributed by atoms with Crippen LogP contribution in [-0.4, -0.2) is 27.8 Å². The quantitative estimate of drug-likeness (QED) is 0.740. The van der Waals surface area contributed by atoms with Gasteiger partial charge >= 0.3 is 0 Å². The summed E-state index contributed by atoms with van der Waals surface area (Å²) >= 11 is 1.60. The first-order valence-corrected chi connectivity index (χ1v) is 7.96. The number of nitrogens with zero attached hydrogens (tertiary/aromatic N) is 3. The normalized spacial score (nSPS) is 11.0. The summed E-state index contributed by atoms with van der Waals surface area (Å²) in [6.45, 7) is 4.20. The minimum Gasteiger partial charge on any atom is -0.435 e. The first kappa shape index (κ1) is 14.7. The summed E-state index contributed by atoms with van der Waals surface area (Å²) in [7, 11) is 1.75. The number of fused-ring (bicyclic) bond motifs is 1. The third-order valence-corrected chi connectivity index (χ3v) is 4.42. The number of carbonyl (C=O) groups is 1. The highest BCUT2D eigenvalue weighted by atomic mass is 32.1. The van der Waals surface area contributed by atoms with Crippen LogP contribution >= 0.6 is 11.3 Å². The molecule has 0 fully saturated rings. The number of hydrogen-bond acceptors (Lipinski definition) is 5. The monoisotopic (exact) mass is 315 g/mol. The Kier molecular flexibility index (Phi) is 3.94. The molecule has 114 valence electrons. The van der Waals surface area contributed by atoms with Gasteiger partial charge in [-0.3, -0.25) is 4.79 Å². The number of thiazole rings is 1. The van der Waals surface area contributed by atoms with Crippen LogP contribution in [0.25, 0.3) is 10.2 Å². The Labute approximate surface area is 132 Å². The molecular formula is C16H17N3O2S. The molecule has 0 unspecified atom stereocenters. The van der Waals surface area contributed by atoms with Crippen molar-refractivity contribution in [2.45, 2.75) is 26.8 Å². The van der Waals surface area contributed by atoms with Gasteiger partial charge in [0.25, 0.3) is 5.91 Å². The second kappa shape index (κ2) is 5.88. The van der Waals surface area contributed by atoms with Crippen molar-refractivity contribution in [3.05, 3.63) is 46.6 Å². The van der Waals surface area contributed by atoms with Gasteiger partial charge in [0, 0.05) is 13.5 Å². The molecule has 1 amide bonds. The van der Waals surface area contributed by atoms with E-state index >= 15 is 0 Å². The number of aromatic nitrogens is 2. The van der Waals surface area contributed by atoms with Gasteiger partial charge < -0.3 is 9.32 Å². The molecule has 1 aromatic carbocycles. The van der Waals surface area contributed by atoms with E-state index in [-0.39, 0.29) is 5.91 Å². The summed E-state index contributed by atoms with van der Waals surface area (Å²) in [5.41, 5.74) is 1.60. The highest BCUT2D eigenvalue weighted by Crippen LogP contribution is 2.23. The van der Waals surface area contributed by atoms with E-state index in [0.29, 0.717) is 30.3 Å². The number of carbonyl (C=O) groups excluding carboxylic acids is 1. The van der Waals surface area contributed by atoms with Gasteiger partial charge in [-0.1, -0.05) is 19.1 Å². The Morgan fingerprint density at radius 2 is 2.09 bits per heavy atom. The van der Waals surface area contributed by atoms with Crippen molar-refractivity contribution in [2.75, 3.05) is 7.05 Å². The zero-order valence-electron chi connectivity index (χ0n) is 12.8. The van der Waals surface area contributed by atoms with Crippen molar-refractivity contribution in [2.24, 2.45) is 0 Å². The van der Waals surface area contributed by atoms with Gasteiger partial charge in [-0.05, 0) is 19.1 Å². The third-order valence-electron chi connectivity index (χ3n) is 3.39. The lowest BCUT2D eigenvalue weighted by atomic mass is 10.3. The number of para-hydroxylation sites is 1. The summed E-state index contributed by atoms with van der Waals surface area (Å²) < 4.78 is 6.65.